The van der Waals surface area contributed by atoms with Gasteiger partial charge in [-0.2, -0.15) is 10.6 Å². The van der Waals surface area contributed by atoms with Gasteiger partial charge in [-0.1, -0.05) is 25.6 Å². The Labute approximate surface area is 201 Å². The molecule has 0 saturated heterocycles. The molecule has 0 aromatic carbocycles. The summed E-state index contributed by atoms with van der Waals surface area (Å²) in [4.78, 5) is 58.3. The molecule has 6 atom stereocenters. The van der Waals surface area contributed by atoms with E-state index in [0.29, 0.717) is 18.0 Å². The molecule has 0 radical (unpaired) electrons. The fourth-order valence-corrected chi connectivity index (χ4v) is 5.74. The molecule has 0 bridgehead atoms. The number of amides is 2. The summed E-state index contributed by atoms with van der Waals surface area (Å²) in [5.74, 6) is -4.17. The monoisotopic (exact) mass is 497 g/mol. The molecule has 2 amide bonds. The van der Waals surface area contributed by atoms with Gasteiger partial charge < -0.3 is 20.0 Å². The average molecular weight is 498 g/mol. The Kier molecular flexibility index (Phi) is 7.74. The third kappa shape index (κ3) is 6.39. The number of H-pyrrole nitrogens is 1. The number of aromatic amines is 1. The van der Waals surface area contributed by atoms with Gasteiger partial charge in [0.2, 0.25) is 0 Å². The maximum Gasteiger partial charge on any atom is 0.408 e. The number of carboxylic acids is 1. The largest absolute Gasteiger partial charge is 0.481 e. The first-order valence-electron chi connectivity index (χ1n) is 11.1. The summed E-state index contributed by atoms with van der Waals surface area (Å²) in [7, 11) is 0. The van der Waals surface area contributed by atoms with Crippen LogP contribution in [0.4, 0.5) is 4.79 Å². The van der Waals surface area contributed by atoms with Gasteiger partial charge in [0, 0.05) is 5.25 Å². The highest BCUT2D eigenvalue weighted by Crippen LogP contribution is 2.64. The minimum Gasteiger partial charge on any atom is -0.481 e. The lowest BCUT2D eigenvalue weighted by Gasteiger charge is -2.24. The Morgan fingerprint density at radius 2 is 1.97 bits per heavy atom. The second-order valence-corrected chi connectivity index (χ2v) is 11.3. The summed E-state index contributed by atoms with van der Waals surface area (Å²) in [5, 5.41) is 18.9. The second kappa shape index (κ2) is 10.2. The van der Waals surface area contributed by atoms with Crippen molar-refractivity contribution < 1.29 is 33.9 Å². The Balaban J connectivity index is 1.58. The van der Waals surface area contributed by atoms with Gasteiger partial charge in [-0.15, -0.1) is 0 Å². The molecule has 3 rings (SSSR count). The molecule has 4 N–H and O–H groups in total. The van der Waals surface area contributed by atoms with Gasteiger partial charge in [0.15, 0.2) is 5.16 Å². The summed E-state index contributed by atoms with van der Waals surface area (Å²) in [6, 6.07) is -0.971. The number of alkyl carbamates (subject to hydrolysis) is 1. The van der Waals surface area contributed by atoms with E-state index in [9.17, 15) is 24.3 Å². The van der Waals surface area contributed by atoms with Crippen LogP contribution in [0.1, 0.15) is 47.5 Å². The van der Waals surface area contributed by atoms with Gasteiger partial charge in [0.05, 0.1) is 11.8 Å². The fourth-order valence-electron chi connectivity index (χ4n) is 4.43. The first kappa shape index (κ1) is 25.8. The van der Waals surface area contributed by atoms with E-state index in [0.717, 1.165) is 0 Å². The molecule has 12 nitrogen and oxygen atoms in total. The number of aliphatic carboxylic acids is 1. The van der Waals surface area contributed by atoms with E-state index in [2.05, 4.69) is 26.0 Å². The molecular weight excluding hydrogens is 466 g/mol. The van der Waals surface area contributed by atoms with E-state index < -0.39 is 47.4 Å². The van der Waals surface area contributed by atoms with Crippen LogP contribution in [-0.4, -0.2) is 61.1 Å². The number of ether oxygens (including phenoxy) is 1. The lowest BCUT2D eigenvalue weighted by atomic mass is 10.00. The third-order valence-electron chi connectivity index (χ3n) is 5.72. The summed E-state index contributed by atoms with van der Waals surface area (Å²) in [6.45, 7) is 8.88. The van der Waals surface area contributed by atoms with Gasteiger partial charge in [0.1, 0.15) is 18.0 Å². The number of hydrogen-bond acceptors (Lipinski definition) is 9. The van der Waals surface area contributed by atoms with Crippen molar-refractivity contribution in [3.8, 4) is 0 Å². The summed E-state index contributed by atoms with van der Waals surface area (Å²) >= 11 is 1.35. The van der Waals surface area contributed by atoms with E-state index in [4.69, 9.17) is 9.57 Å². The molecule has 1 unspecified atom stereocenters. The van der Waals surface area contributed by atoms with Crippen molar-refractivity contribution in [2.45, 2.75) is 69.5 Å². The molecule has 34 heavy (non-hydrogen) atoms. The van der Waals surface area contributed by atoms with Crippen molar-refractivity contribution in [3.05, 3.63) is 6.33 Å². The molecule has 1 aromatic heterocycles. The SMILES string of the molecule is CC(C)CC(NC(=O)OC(C)(C)C)C(=O)NOC(=O)[C@H]1C[C@H](Sc2ncn[nH]2)[C@H]2[C@H](C(=O)O)[C@H]21. The summed E-state index contributed by atoms with van der Waals surface area (Å²) < 4.78 is 5.21. The van der Waals surface area contributed by atoms with Crippen molar-refractivity contribution in [1.29, 1.82) is 0 Å². The first-order valence-corrected chi connectivity index (χ1v) is 12.0. The van der Waals surface area contributed by atoms with Gasteiger partial charge >= 0.3 is 18.0 Å². The van der Waals surface area contributed by atoms with E-state index in [1.54, 1.807) is 20.8 Å². The number of hydroxylamine groups is 1. The number of nitrogens with zero attached hydrogens (tertiary/aromatic N) is 2. The van der Waals surface area contributed by atoms with Crippen molar-refractivity contribution in [1.82, 2.24) is 26.0 Å². The molecular formula is C21H31N5O7S. The van der Waals surface area contributed by atoms with Crippen LogP contribution < -0.4 is 10.8 Å². The van der Waals surface area contributed by atoms with Gasteiger partial charge in [0.25, 0.3) is 5.91 Å². The molecule has 0 spiro atoms. The number of carbonyl (C=O) groups excluding carboxylic acids is 3. The van der Waals surface area contributed by atoms with E-state index in [-0.39, 0.29) is 23.0 Å². The molecule has 2 saturated carbocycles. The minimum absolute atomic E-state index is 0.0636. The minimum atomic E-state index is -0.971. The number of carboxylic acid groups (broad SMARTS) is 1. The van der Waals surface area contributed by atoms with Crippen molar-refractivity contribution in [3.63, 3.8) is 0 Å². The molecule has 13 heteroatoms. The van der Waals surface area contributed by atoms with Crippen LogP contribution in [0.5, 0.6) is 0 Å². The van der Waals surface area contributed by atoms with Crippen LogP contribution in [-0.2, 0) is 24.0 Å². The molecule has 188 valence electrons. The van der Waals surface area contributed by atoms with Crippen LogP contribution in [0.25, 0.3) is 0 Å². The third-order valence-corrected chi connectivity index (χ3v) is 6.95. The van der Waals surface area contributed by atoms with E-state index in [1.807, 2.05) is 13.8 Å². The number of nitrogens with one attached hydrogen (secondary N) is 3. The Hall–Kier alpha value is -2.83. The fraction of sp³-hybridized carbons (Fsp3) is 0.714. The molecule has 2 aliphatic rings. The maximum atomic E-state index is 12.8. The highest BCUT2D eigenvalue weighted by molar-refractivity contribution is 7.99. The quantitative estimate of drug-likeness (QED) is 0.388. The predicted octanol–water partition coefficient (Wildman–Crippen LogP) is 1.75. The average Bonchev–Trinajstić information content (AvgIpc) is 3.03. The smallest absolute Gasteiger partial charge is 0.408 e. The van der Waals surface area contributed by atoms with Crippen LogP contribution in [0.15, 0.2) is 11.5 Å². The summed E-state index contributed by atoms with van der Waals surface area (Å²) in [5.41, 5.74) is 1.40. The number of thioether (sulfide) groups is 1. The Bertz CT molecular complexity index is 917. The van der Waals surface area contributed by atoms with Crippen molar-refractivity contribution in [2.75, 3.05) is 0 Å². The van der Waals surface area contributed by atoms with Gasteiger partial charge in [-0.25, -0.2) is 14.6 Å². The highest BCUT2D eigenvalue weighted by Gasteiger charge is 2.68. The van der Waals surface area contributed by atoms with Crippen LogP contribution in [0.3, 0.4) is 0 Å². The molecule has 2 fully saturated rings. The zero-order chi connectivity index (χ0) is 25.2. The highest BCUT2D eigenvalue weighted by atomic mass is 32.2. The van der Waals surface area contributed by atoms with Crippen molar-refractivity contribution in [2.24, 2.45) is 29.6 Å². The van der Waals surface area contributed by atoms with Gasteiger partial charge in [-0.05, 0) is 51.4 Å². The molecule has 0 aliphatic heterocycles. The molecule has 1 heterocycles. The van der Waals surface area contributed by atoms with Crippen molar-refractivity contribution >= 4 is 35.7 Å². The zero-order valence-corrected chi connectivity index (χ0v) is 20.5. The first-order chi connectivity index (χ1) is 15.9. The van der Waals surface area contributed by atoms with E-state index in [1.165, 1.54) is 18.1 Å². The van der Waals surface area contributed by atoms with Crippen LogP contribution >= 0.6 is 11.8 Å². The topological polar surface area (TPSA) is 173 Å². The maximum absolute atomic E-state index is 12.8. The Morgan fingerprint density at radius 1 is 1.26 bits per heavy atom. The number of aromatic nitrogens is 3. The summed E-state index contributed by atoms with van der Waals surface area (Å²) in [6.07, 6.45) is 1.29. The van der Waals surface area contributed by atoms with Gasteiger partial charge in [-0.3, -0.25) is 14.7 Å². The molecule has 1 aromatic rings. The number of carbonyl (C=O) groups is 4. The Morgan fingerprint density at radius 3 is 2.53 bits per heavy atom. The molecule has 2 aliphatic carbocycles. The normalized spacial score (nSPS) is 26.4. The lowest BCUT2D eigenvalue weighted by Crippen LogP contribution is -2.49. The lowest BCUT2D eigenvalue weighted by molar-refractivity contribution is -0.163. The standard InChI is InChI=1S/C21H31N5O7S/c1-9(2)6-11(24-20(31)32-21(3,4)5)16(27)26-33-18(30)10-7-12(34-19-22-8-23-25-19)14-13(10)15(14)17(28)29/h8-15H,6-7H2,1-5H3,(H,24,31)(H,26,27)(H,28,29)(H,22,23,25)/t10-,11?,12-,13-,14+,15+/m0/s1. The number of rotatable bonds is 8. The van der Waals surface area contributed by atoms with E-state index >= 15 is 0 Å². The second-order valence-electron chi connectivity index (χ2n) is 10.0. The number of hydrogen-bond donors (Lipinski definition) is 4. The number of fused-ring (bicyclic) bond motifs is 1. The zero-order valence-electron chi connectivity index (χ0n) is 19.7. The predicted molar refractivity (Wildman–Crippen MR) is 119 cm³/mol. The van der Waals surface area contributed by atoms with Crippen LogP contribution in [0.2, 0.25) is 0 Å². The van der Waals surface area contributed by atoms with Crippen LogP contribution in [0, 0.1) is 29.6 Å².